The summed E-state index contributed by atoms with van der Waals surface area (Å²) in [7, 11) is 0. The quantitative estimate of drug-likeness (QED) is 0.378. The normalized spacial score (nSPS) is 14.9. The van der Waals surface area contributed by atoms with Crippen molar-refractivity contribution in [3.63, 3.8) is 0 Å². The highest BCUT2D eigenvalue weighted by Crippen LogP contribution is 2.38. The van der Waals surface area contributed by atoms with Crippen molar-refractivity contribution in [2.24, 2.45) is 0 Å². The van der Waals surface area contributed by atoms with E-state index in [9.17, 15) is 19.3 Å². The highest BCUT2D eigenvalue weighted by molar-refractivity contribution is 5.67. The monoisotopic (exact) mass is 500 g/mol. The third-order valence-corrected chi connectivity index (χ3v) is 5.77. The van der Waals surface area contributed by atoms with Crippen molar-refractivity contribution in [3.05, 3.63) is 57.7 Å². The van der Waals surface area contributed by atoms with Crippen LogP contribution in [0.2, 0.25) is 0 Å². The van der Waals surface area contributed by atoms with Crippen molar-refractivity contribution in [1.82, 2.24) is 19.9 Å². The van der Waals surface area contributed by atoms with E-state index in [1.807, 2.05) is 11.8 Å². The Morgan fingerprint density at radius 3 is 2.78 bits per heavy atom. The molecule has 2 aromatic heterocycles. The maximum atomic E-state index is 14.3. The summed E-state index contributed by atoms with van der Waals surface area (Å²) in [5, 5.41) is 18.1. The number of carbonyl (C=O) groups excluding carboxylic acids is 1. The fourth-order valence-corrected chi connectivity index (χ4v) is 4.13. The zero-order chi connectivity index (χ0) is 26.2. The first kappa shape index (κ1) is 25.1. The van der Waals surface area contributed by atoms with Crippen molar-refractivity contribution in [2.75, 3.05) is 18.0 Å². The molecule has 12 heteroatoms. The van der Waals surface area contributed by atoms with Crippen LogP contribution in [-0.4, -0.2) is 50.4 Å². The lowest BCUT2D eigenvalue weighted by Crippen LogP contribution is -2.37. The number of anilines is 1. The number of halogens is 1. The van der Waals surface area contributed by atoms with Gasteiger partial charge in [-0.25, -0.2) is 18.7 Å². The molecule has 1 amide bonds. The van der Waals surface area contributed by atoms with Crippen LogP contribution in [0.1, 0.15) is 51.8 Å². The molecule has 3 aromatic rings. The number of rotatable bonds is 7. The van der Waals surface area contributed by atoms with Crippen LogP contribution in [0.25, 0.3) is 5.65 Å². The molecule has 2 atom stereocenters. The van der Waals surface area contributed by atoms with Crippen LogP contribution in [-0.2, 0) is 11.2 Å². The van der Waals surface area contributed by atoms with Crippen LogP contribution in [0.3, 0.4) is 0 Å². The Bertz CT molecular complexity index is 1300. The SMILES string of the molecule is C[C@H](c1cc(F)ccc1O[C@@H](C)CNC(=O)OC(C)(C)C)N1CCc2cn3ncc([N+](=O)[O-])c3nc21. The molecule has 36 heavy (non-hydrogen) atoms. The molecule has 0 radical (unpaired) electrons. The molecule has 4 rings (SSSR count). The molecule has 0 aliphatic carbocycles. The number of ether oxygens (including phenoxy) is 2. The lowest BCUT2D eigenvalue weighted by atomic mass is 10.1. The number of nitrogens with zero attached hydrogens (tertiary/aromatic N) is 5. The Morgan fingerprint density at radius 1 is 1.33 bits per heavy atom. The maximum absolute atomic E-state index is 14.3. The lowest BCUT2D eigenvalue weighted by molar-refractivity contribution is -0.383. The molecule has 0 fully saturated rings. The average Bonchev–Trinajstić information content (AvgIpc) is 3.39. The van der Waals surface area contributed by atoms with Crippen LogP contribution in [0.15, 0.2) is 30.6 Å². The Hall–Kier alpha value is -3.96. The van der Waals surface area contributed by atoms with E-state index >= 15 is 0 Å². The first-order chi connectivity index (χ1) is 16.9. The second-order valence-corrected chi connectivity index (χ2v) is 9.76. The highest BCUT2D eigenvalue weighted by Gasteiger charge is 2.31. The zero-order valence-electron chi connectivity index (χ0n) is 20.8. The predicted octanol–water partition coefficient (Wildman–Crippen LogP) is 4.19. The van der Waals surface area contributed by atoms with E-state index in [-0.39, 0.29) is 23.9 Å². The van der Waals surface area contributed by atoms with Gasteiger partial charge in [0.05, 0.1) is 17.5 Å². The van der Waals surface area contributed by atoms with Crippen LogP contribution in [0.5, 0.6) is 5.75 Å². The number of carbonyl (C=O) groups is 1. The van der Waals surface area contributed by atoms with Gasteiger partial charge in [0, 0.05) is 23.9 Å². The lowest BCUT2D eigenvalue weighted by Gasteiger charge is -2.29. The molecule has 11 nitrogen and oxygen atoms in total. The van der Waals surface area contributed by atoms with Gasteiger partial charge in [0.2, 0.25) is 5.65 Å². The summed E-state index contributed by atoms with van der Waals surface area (Å²) in [6, 6.07) is 3.93. The number of alkyl carbamates (subject to hydrolysis) is 1. The summed E-state index contributed by atoms with van der Waals surface area (Å²) >= 11 is 0. The molecule has 0 saturated heterocycles. The average molecular weight is 501 g/mol. The van der Waals surface area contributed by atoms with E-state index in [2.05, 4.69) is 15.4 Å². The first-order valence-electron chi connectivity index (χ1n) is 11.6. The summed E-state index contributed by atoms with van der Waals surface area (Å²) in [6.07, 6.45) is 2.61. The molecule has 0 spiro atoms. The van der Waals surface area contributed by atoms with Gasteiger partial charge in [0.15, 0.2) is 0 Å². The van der Waals surface area contributed by atoms with E-state index < -0.39 is 28.5 Å². The van der Waals surface area contributed by atoms with E-state index in [1.54, 1.807) is 40.0 Å². The number of benzene rings is 1. The molecular formula is C24H29FN6O5. The maximum Gasteiger partial charge on any atom is 0.407 e. The Kier molecular flexibility index (Phi) is 6.70. The number of nitro groups is 1. The minimum Gasteiger partial charge on any atom is -0.489 e. The zero-order valence-corrected chi connectivity index (χ0v) is 20.8. The number of hydrogen-bond acceptors (Lipinski definition) is 8. The van der Waals surface area contributed by atoms with Crippen LogP contribution in [0.4, 0.5) is 20.7 Å². The van der Waals surface area contributed by atoms with Crippen LogP contribution in [0, 0.1) is 15.9 Å². The van der Waals surface area contributed by atoms with Crippen LogP contribution >= 0.6 is 0 Å². The summed E-state index contributed by atoms with van der Waals surface area (Å²) in [5.74, 6) is 0.638. The first-order valence-corrected chi connectivity index (χ1v) is 11.6. The summed E-state index contributed by atoms with van der Waals surface area (Å²) in [4.78, 5) is 29.3. The number of aromatic nitrogens is 3. The molecule has 0 unspecified atom stereocenters. The van der Waals surface area contributed by atoms with Gasteiger partial charge in [0.25, 0.3) is 0 Å². The van der Waals surface area contributed by atoms with E-state index in [4.69, 9.17) is 9.47 Å². The number of hydrogen-bond donors (Lipinski definition) is 1. The van der Waals surface area contributed by atoms with Gasteiger partial charge in [-0.05, 0) is 59.2 Å². The van der Waals surface area contributed by atoms with Gasteiger partial charge in [-0.3, -0.25) is 10.1 Å². The Morgan fingerprint density at radius 2 is 2.08 bits per heavy atom. The van der Waals surface area contributed by atoms with Crippen molar-refractivity contribution in [2.45, 2.75) is 58.8 Å². The van der Waals surface area contributed by atoms with Gasteiger partial charge in [-0.2, -0.15) is 5.10 Å². The molecule has 1 aromatic carbocycles. The standard InChI is InChI=1S/C24H29FN6O5/c1-14(11-26-23(32)36-24(3,4)5)35-20-7-6-17(25)10-18(20)15(2)29-9-8-16-13-30-22(28-21(16)29)19(12-27-30)31(33)34/h6-7,10,12-15H,8-9,11H2,1-5H3,(H,26,32)/t14-,15+/m0/s1. The van der Waals surface area contributed by atoms with E-state index in [0.717, 1.165) is 5.56 Å². The highest BCUT2D eigenvalue weighted by atomic mass is 19.1. The second-order valence-electron chi connectivity index (χ2n) is 9.76. The second kappa shape index (κ2) is 9.59. The molecule has 1 aliphatic heterocycles. The fraction of sp³-hybridized carbons (Fsp3) is 0.458. The van der Waals surface area contributed by atoms with E-state index in [0.29, 0.717) is 30.1 Å². The smallest absolute Gasteiger partial charge is 0.407 e. The van der Waals surface area contributed by atoms with E-state index in [1.165, 1.54) is 22.8 Å². The van der Waals surface area contributed by atoms with Gasteiger partial charge in [0.1, 0.15) is 35.3 Å². The molecule has 3 heterocycles. The third kappa shape index (κ3) is 5.31. The molecule has 192 valence electrons. The van der Waals surface area contributed by atoms with Crippen molar-refractivity contribution in [3.8, 4) is 5.75 Å². The predicted molar refractivity (Wildman–Crippen MR) is 130 cm³/mol. The Balaban J connectivity index is 1.55. The third-order valence-electron chi connectivity index (χ3n) is 5.77. The molecule has 1 aliphatic rings. The number of nitrogens with one attached hydrogen (secondary N) is 1. The minimum absolute atomic E-state index is 0.149. The Labute approximate surface area is 207 Å². The number of fused-ring (bicyclic) bond motifs is 2. The van der Waals surface area contributed by atoms with Crippen molar-refractivity contribution < 1.29 is 23.6 Å². The fourth-order valence-electron chi connectivity index (χ4n) is 4.13. The summed E-state index contributed by atoms with van der Waals surface area (Å²) in [6.45, 7) is 9.81. The van der Waals surface area contributed by atoms with Crippen LogP contribution < -0.4 is 15.0 Å². The van der Waals surface area contributed by atoms with Gasteiger partial charge in [-0.15, -0.1) is 0 Å². The molecule has 1 N–H and O–H groups in total. The van der Waals surface area contributed by atoms with Crippen molar-refractivity contribution in [1.29, 1.82) is 0 Å². The van der Waals surface area contributed by atoms with Gasteiger partial charge >= 0.3 is 11.8 Å². The van der Waals surface area contributed by atoms with Gasteiger partial charge in [-0.1, -0.05) is 0 Å². The largest absolute Gasteiger partial charge is 0.489 e. The molecular weight excluding hydrogens is 471 g/mol. The molecule has 0 saturated carbocycles. The summed E-state index contributed by atoms with van der Waals surface area (Å²) < 4.78 is 27.0. The minimum atomic E-state index is -0.614. The van der Waals surface area contributed by atoms with Gasteiger partial charge < -0.3 is 19.7 Å². The van der Waals surface area contributed by atoms with Crippen molar-refractivity contribution >= 4 is 23.2 Å². The molecule has 0 bridgehead atoms. The topological polar surface area (TPSA) is 124 Å². The number of amides is 1. The summed E-state index contributed by atoms with van der Waals surface area (Å²) in [5.41, 5.74) is 0.836.